The van der Waals surface area contributed by atoms with E-state index in [4.69, 9.17) is 14.3 Å². The van der Waals surface area contributed by atoms with E-state index in [9.17, 15) is 9.59 Å². The molecule has 0 aliphatic carbocycles. The van der Waals surface area contributed by atoms with Crippen molar-refractivity contribution < 1.29 is 23.8 Å². The van der Waals surface area contributed by atoms with Crippen LogP contribution < -0.4 is 10.1 Å². The number of carboxylic acid groups (broad SMARTS) is 1. The Hall–Kier alpha value is -2.76. The number of amides is 1. The Bertz CT molecular complexity index is 776. The standard InChI is InChI=1S/C21H27NO5/c1-13(2)9-10-26-17-7-5-16(6-8-17)15(4)22-21(25)20-14(3)12-27-18(20)11-19(23)24/h5-8,12-13,15H,9-11H2,1-4H3,(H,22,25)(H,23,24). The fourth-order valence-corrected chi connectivity index (χ4v) is 2.69. The Balaban J connectivity index is 2.00. The summed E-state index contributed by atoms with van der Waals surface area (Å²) in [7, 11) is 0. The fraction of sp³-hybridized carbons (Fsp3) is 0.429. The van der Waals surface area contributed by atoms with E-state index in [2.05, 4.69) is 19.2 Å². The summed E-state index contributed by atoms with van der Waals surface area (Å²) in [5, 5.41) is 11.9. The van der Waals surface area contributed by atoms with E-state index in [1.165, 1.54) is 6.26 Å². The van der Waals surface area contributed by atoms with Crippen molar-refractivity contribution in [1.29, 1.82) is 0 Å². The Kier molecular flexibility index (Phi) is 7.05. The largest absolute Gasteiger partial charge is 0.494 e. The van der Waals surface area contributed by atoms with Crippen LogP contribution in [0, 0.1) is 12.8 Å². The van der Waals surface area contributed by atoms with Gasteiger partial charge in [-0.2, -0.15) is 0 Å². The Morgan fingerprint density at radius 2 is 1.85 bits per heavy atom. The predicted octanol–water partition coefficient (Wildman–Crippen LogP) is 4.13. The molecule has 0 spiro atoms. The number of hydrogen-bond acceptors (Lipinski definition) is 4. The summed E-state index contributed by atoms with van der Waals surface area (Å²) in [4.78, 5) is 23.5. The minimum atomic E-state index is -1.04. The molecule has 2 rings (SSSR count). The van der Waals surface area contributed by atoms with Crippen LogP contribution in [0.1, 0.15) is 60.5 Å². The van der Waals surface area contributed by atoms with Gasteiger partial charge in [-0.3, -0.25) is 9.59 Å². The summed E-state index contributed by atoms with van der Waals surface area (Å²) in [5.74, 6) is 0.171. The third kappa shape index (κ3) is 5.88. The summed E-state index contributed by atoms with van der Waals surface area (Å²) < 4.78 is 10.9. The van der Waals surface area contributed by atoms with Gasteiger partial charge >= 0.3 is 5.97 Å². The second kappa shape index (κ2) is 9.26. The van der Waals surface area contributed by atoms with Crippen LogP contribution >= 0.6 is 0 Å². The number of aliphatic carboxylic acids is 1. The lowest BCUT2D eigenvalue weighted by Gasteiger charge is -2.15. The zero-order valence-corrected chi connectivity index (χ0v) is 16.2. The zero-order valence-electron chi connectivity index (χ0n) is 16.2. The van der Waals surface area contributed by atoms with Gasteiger partial charge in [-0.25, -0.2) is 0 Å². The summed E-state index contributed by atoms with van der Waals surface area (Å²) in [6.45, 7) is 8.58. The fourth-order valence-electron chi connectivity index (χ4n) is 2.69. The van der Waals surface area contributed by atoms with Crippen LogP contribution in [-0.2, 0) is 11.2 Å². The molecule has 0 saturated heterocycles. The highest BCUT2D eigenvalue weighted by Gasteiger charge is 2.22. The first kappa shape index (κ1) is 20.6. The molecular formula is C21H27NO5. The van der Waals surface area contributed by atoms with Crippen molar-refractivity contribution in [2.45, 2.75) is 46.6 Å². The minimum absolute atomic E-state index is 0.165. The Labute approximate surface area is 159 Å². The van der Waals surface area contributed by atoms with E-state index in [1.54, 1.807) is 6.92 Å². The molecule has 0 bridgehead atoms. The molecule has 6 nitrogen and oxygen atoms in total. The highest BCUT2D eigenvalue weighted by atomic mass is 16.5. The maximum Gasteiger partial charge on any atom is 0.311 e. The van der Waals surface area contributed by atoms with Crippen LogP contribution in [0.25, 0.3) is 0 Å². The number of aryl methyl sites for hydroxylation is 1. The quantitative estimate of drug-likeness (QED) is 0.690. The van der Waals surface area contributed by atoms with Crippen molar-refractivity contribution in [3.8, 4) is 5.75 Å². The molecule has 2 aromatic rings. The molecule has 1 amide bonds. The van der Waals surface area contributed by atoms with Crippen molar-refractivity contribution in [2.75, 3.05) is 6.61 Å². The second-order valence-electron chi connectivity index (χ2n) is 7.08. The van der Waals surface area contributed by atoms with Crippen LogP contribution in [0.3, 0.4) is 0 Å². The van der Waals surface area contributed by atoms with Crippen LogP contribution in [0.4, 0.5) is 0 Å². The average molecular weight is 373 g/mol. The normalized spacial score (nSPS) is 12.0. The summed E-state index contributed by atoms with van der Waals surface area (Å²) in [5.41, 5.74) is 1.84. The van der Waals surface area contributed by atoms with Crippen molar-refractivity contribution in [2.24, 2.45) is 5.92 Å². The minimum Gasteiger partial charge on any atom is -0.494 e. The van der Waals surface area contributed by atoms with E-state index >= 15 is 0 Å². The molecule has 0 aliphatic heterocycles. The SMILES string of the molecule is Cc1coc(CC(=O)O)c1C(=O)NC(C)c1ccc(OCCC(C)C)cc1. The molecule has 1 atom stereocenters. The molecule has 27 heavy (non-hydrogen) atoms. The molecule has 1 aromatic carbocycles. The summed E-state index contributed by atoms with van der Waals surface area (Å²) in [6, 6.07) is 7.36. The summed E-state index contributed by atoms with van der Waals surface area (Å²) in [6.07, 6.45) is 2.07. The average Bonchev–Trinajstić information content (AvgIpc) is 2.94. The number of furan rings is 1. The number of carboxylic acids is 1. The van der Waals surface area contributed by atoms with Gasteiger partial charge in [0.25, 0.3) is 5.91 Å². The molecule has 1 aromatic heterocycles. The number of ether oxygens (including phenoxy) is 1. The number of benzene rings is 1. The molecule has 0 fully saturated rings. The van der Waals surface area contributed by atoms with Gasteiger partial charge in [0.05, 0.1) is 24.5 Å². The highest BCUT2D eigenvalue weighted by Crippen LogP contribution is 2.21. The van der Waals surface area contributed by atoms with E-state index in [1.807, 2.05) is 31.2 Å². The molecule has 2 N–H and O–H groups in total. The van der Waals surface area contributed by atoms with E-state index in [-0.39, 0.29) is 29.7 Å². The number of nitrogens with one attached hydrogen (secondary N) is 1. The van der Waals surface area contributed by atoms with Gasteiger partial charge in [-0.15, -0.1) is 0 Å². The molecule has 146 valence electrons. The number of rotatable bonds is 9. The lowest BCUT2D eigenvalue weighted by molar-refractivity contribution is -0.136. The van der Waals surface area contributed by atoms with Gasteiger partial charge in [0.2, 0.25) is 0 Å². The van der Waals surface area contributed by atoms with E-state index in [0.717, 1.165) is 17.7 Å². The molecular weight excluding hydrogens is 346 g/mol. The molecule has 1 heterocycles. The van der Waals surface area contributed by atoms with Crippen LogP contribution in [0.5, 0.6) is 5.75 Å². The van der Waals surface area contributed by atoms with Crippen LogP contribution in [0.2, 0.25) is 0 Å². The zero-order chi connectivity index (χ0) is 20.0. The van der Waals surface area contributed by atoms with Gasteiger partial charge in [0, 0.05) is 5.56 Å². The smallest absolute Gasteiger partial charge is 0.311 e. The second-order valence-corrected chi connectivity index (χ2v) is 7.08. The van der Waals surface area contributed by atoms with Gasteiger partial charge < -0.3 is 19.6 Å². The topological polar surface area (TPSA) is 88.8 Å². The monoisotopic (exact) mass is 373 g/mol. The van der Waals surface area contributed by atoms with Crippen LogP contribution in [-0.4, -0.2) is 23.6 Å². The number of hydrogen-bond donors (Lipinski definition) is 2. The van der Waals surface area contributed by atoms with Gasteiger partial charge in [-0.05, 0) is 43.9 Å². The van der Waals surface area contributed by atoms with Crippen molar-refractivity contribution in [3.63, 3.8) is 0 Å². The maximum atomic E-state index is 12.6. The molecule has 0 aliphatic rings. The maximum absolute atomic E-state index is 12.6. The van der Waals surface area contributed by atoms with Crippen molar-refractivity contribution in [1.82, 2.24) is 5.32 Å². The van der Waals surface area contributed by atoms with Crippen LogP contribution in [0.15, 0.2) is 34.9 Å². The highest BCUT2D eigenvalue weighted by molar-refractivity contribution is 5.97. The Morgan fingerprint density at radius 1 is 1.19 bits per heavy atom. The summed E-state index contributed by atoms with van der Waals surface area (Å²) >= 11 is 0. The van der Waals surface area contributed by atoms with Gasteiger partial charge in [0.1, 0.15) is 17.9 Å². The third-order valence-corrected chi connectivity index (χ3v) is 4.28. The lowest BCUT2D eigenvalue weighted by atomic mass is 10.1. The predicted molar refractivity (Wildman–Crippen MR) is 102 cm³/mol. The van der Waals surface area contributed by atoms with Crippen molar-refractivity contribution in [3.05, 3.63) is 53.0 Å². The van der Waals surface area contributed by atoms with E-state index in [0.29, 0.717) is 18.1 Å². The van der Waals surface area contributed by atoms with Crippen molar-refractivity contribution >= 4 is 11.9 Å². The van der Waals surface area contributed by atoms with Gasteiger partial charge in [-0.1, -0.05) is 26.0 Å². The first-order valence-electron chi connectivity index (χ1n) is 9.10. The van der Waals surface area contributed by atoms with Gasteiger partial charge in [0.15, 0.2) is 0 Å². The molecule has 0 radical (unpaired) electrons. The number of carbonyl (C=O) groups is 2. The van der Waals surface area contributed by atoms with E-state index < -0.39 is 5.97 Å². The number of carbonyl (C=O) groups excluding carboxylic acids is 1. The lowest BCUT2D eigenvalue weighted by Crippen LogP contribution is -2.28. The Morgan fingerprint density at radius 3 is 2.44 bits per heavy atom. The molecule has 1 unspecified atom stereocenters. The molecule has 6 heteroatoms. The first-order valence-corrected chi connectivity index (χ1v) is 9.10. The third-order valence-electron chi connectivity index (χ3n) is 4.28. The first-order chi connectivity index (χ1) is 12.8. The molecule has 0 saturated carbocycles.